The molecule has 2 aromatic rings. The number of H-pyrrole nitrogens is 1. The molecule has 0 saturated heterocycles. The Hall–Kier alpha value is -2.05. The molecule has 0 atom stereocenters. The van der Waals surface area contributed by atoms with Crippen LogP contribution < -0.4 is 15.4 Å². The maximum absolute atomic E-state index is 12.8. The van der Waals surface area contributed by atoms with Crippen LogP contribution in [0.3, 0.4) is 0 Å². The van der Waals surface area contributed by atoms with Gasteiger partial charge in [0.1, 0.15) is 5.75 Å². The van der Waals surface area contributed by atoms with Gasteiger partial charge in [0.15, 0.2) is 5.69 Å². The van der Waals surface area contributed by atoms with Crippen molar-refractivity contribution in [1.29, 1.82) is 0 Å². The number of ether oxygens (including phenoxy) is 1. The highest BCUT2D eigenvalue weighted by atomic mass is 35.5. The number of amides is 1. The molecule has 2 aliphatic rings. The van der Waals surface area contributed by atoms with E-state index in [-0.39, 0.29) is 23.7 Å². The minimum absolute atomic E-state index is 0. The van der Waals surface area contributed by atoms with Crippen molar-refractivity contribution in [1.82, 2.24) is 20.8 Å². The van der Waals surface area contributed by atoms with Crippen LogP contribution in [0.1, 0.15) is 53.0 Å². The lowest BCUT2D eigenvalue weighted by Crippen LogP contribution is -2.39. The predicted octanol–water partition coefficient (Wildman–Crippen LogP) is 2.73. The standard InChI is InChI=1S/C20H26N4O2.ClH/c1-26-15-6-4-5-14(11-15)20(8-2-3-9-20)13-22-19(25)18-16-12-21-10-7-17(16)23-24-18;/h4-6,11,21H,2-3,7-10,12-13H2,1H3,(H,22,25)(H,23,24);1H. The molecule has 146 valence electrons. The van der Waals surface area contributed by atoms with Crippen LogP contribution in [-0.2, 0) is 18.4 Å². The molecule has 0 bridgehead atoms. The van der Waals surface area contributed by atoms with E-state index in [4.69, 9.17) is 4.74 Å². The third-order valence-electron chi connectivity index (χ3n) is 5.85. The third kappa shape index (κ3) is 3.82. The Balaban J connectivity index is 0.00000210. The SMILES string of the molecule is COc1cccc(C2(CNC(=O)c3n[nH]c4c3CNCC4)CCCC2)c1.Cl. The van der Waals surface area contributed by atoms with Gasteiger partial charge in [-0.2, -0.15) is 5.10 Å². The molecule has 1 aliphatic heterocycles. The van der Waals surface area contributed by atoms with Crippen LogP contribution in [0.4, 0.5) is 0 Å². The summed E-state index contributed by atoms with van der Waals surface area (Å²) in [6, 6.07) is 8.26. The summed E-state index contributed by atoms with van der Waals surface area (Å²) in [7, 11) is 1.69. The van der Waals surface area contributed by atoms with Crippen molar-refractivity contribution in [3.63, 3.8) is 0 Å². The molecule has 1 saturated carbocycles. The van der Waals surface area contributed by atoms with Gasteiger partial charge in [-0.25, -0.2) is 0 Å². The van der Waals surface area contributed by atoms with Crippen molar-refractivity contribution in [2.45, 2.75) is 44.1 Å². The molecule has 4 rings (SSSR count). The van der Waals surface area contributed by atoms with Crippen molar-refractivity contribution in [3.8, 4) is 5.75 Å². The molecule has 1 fully saturated rings. The summed E-state index contributed by atoms with van der Waals surface area (Å²) in [5.41, 5.74) is 3.86. The van der Waals surface area contributed by atoms with E-state index in [0.29, 0.717) is 18.8 Å². The quantitative estimate of drug-likeness (QED) is 0.733. The number of aromatic amines is 1. The Morgan fingerprint density at radius 1 is 1.33 bits per heavy atom. The zero-order valence-electron chi connectivity index (χ0n) is 15.6. The fraction of sp³-hybridized carbons (Fsp3) is 0.500. The minimum atomic E-state index is -0.0830. The first-order valence-electron chi connectivity index (χ1n) is 9.41. The van der Waals surface area contributed by atoms with Crippen LogP contribution in [0.25, 0.3) is 0 Å². The van der Waals surface area contributed by atoms with E-state index in [9.17, 15) is 4.79 Å². The van der Waals surface area contributed by atoms with Gasteiger partial charge in [-0.1, -0.05) is 25.0 Å². The summed E-state index contributed by atoms with van der Waals surface area (Å²) in [6.07, 6.45) is 5.44. The zero-order chi connectivity index (χ0) is 18.0. The molecule has 2 heterocycles. The minimum Gasteiger partial charge on any atom is -0.497 e. The highest BCUT2D eigenvalue weighted by Crippen LogP contribution is 2.41. The van der Waals surface area contributed by atoms with E-state index >= 15 is 0 Å². The van der Waals surface area contributed by atoms with Crippen LogP contribution in [0, 0.1) is 0 Å². The number of fused-ring (bicyclic) bond motifs is 1. The van der Waals surface area contributed by atoms with E-state index in [0.717, 1.165) is 42.8 Å². The second-order valence-corrected chi connectivity index (χ2v) is 7.36. The first-order valence-corrected chi connectivity index (χ1v) is 9.41. The monoisotopic (exact) mass is 390 g/mol. The molecule has 6 nitrogen and oxygen atoms in total. The van der Waals surface area contributed by atoms with Gasteiger partial charge in [0.25, 0.3) is 5.91 Å². The van der Waals surface area contributed by atoms with Gasteiger partial charge in [0, 0.05) is 42.7 Å². The molecule has 1 amide bonds. The molecule has 1 aromatic carbocycles. The van der Waals surface area contributed by atoms with Crippen molar-refractivity contribution in [2.24, 2.45) is 0 Å². The second kappa shape index (κ2) is 8.31. The highest BCUT2D eigenvalue weighted by Gasteiger charge is 2.36. The van der Waals surface area contributed by atoms with Crippen molar-refractivity contribution in [3.05, 3.63) is 46.8 Å². The van der Waals surface area contributed by atoms with Crippen molar-refractivity contribution < 1.29 is 9.53 Å². The maximum atomic E-state index is 12.8. The number of nitrogens with one attached hydrogen (secondary N) is 3. The molecule has 0 unspecified atom stereocenters. The van der Waals surface area contributed by atoms with Gasteiger partial charge in [-0.05, 0) is 30.5 Å². The lowest BCUT2D eigenvalue weighted by atomic mass is 9.78. The largest absolute Gasteiger partial charge is 0.497 e. The third-order valence-corrected chi connectivity index (χ3v) is 5.85. The van der Waals surface area contributed by atoms with Gasteiger partial charge in [-0.3, -0.25) is 9.89 Å². The average Bonchev–Trinajstić information content (AvgIpc) is 3.34. The summed E-state index contributed by atoms with van der Waals surface area (Å²) in [5.74, 6) is 0.785. The molecule has 0 radical (unpaired) electrons. The topological polar surface area (TPSA) is 79.0 Å². The molecule has 3 N–H and O–H groups in total. The van der Waals surface area contributed by atoms with E-state index < -0.39 is 0 Å². The average molecular weight is 391 g/mol. The summed E-state index contributed by atoms with van der Waals surface area (Å²) >= 11 is 0. The number of carbonyl (C=O) groups excluding carboxylic acids is 1. The maximum Gasteiger partial charge on any atom is 0.272 e. The molecular formula is C20H27ClN4O2. The van der Waals surface area contributed by atoms with Gasteiger partial charge in [0.2, 0.25) is 0 Å². The van der Waals surface area contributed by atoms with Crippen LogP contribution in [-0.4, -0.2) is 36.3 Å². The number of rotatable bonds is 5. The van der Waals surface area contributed by atoms with E-state index in [1.165, 1.54) is 18.4 Å². The van der Waals surface area contributed by atoms with Crippen molar-refractivity contribution >= 4 is 18.3 Å². The molecular weight excluding hydrogens is 364 g/mol. The van der Waals surface area contributed by atoms with Crippen LogP contribution in [0.2, 0.25) is 0 Å². The van der Waals surface area contributed by atoms with E-state index in [1.54, 1.807) is 7.11 Å². The number of hydrogen-bond acceptors (Lipinski definition) is 4. The molecule has 1 aliphatic carbocycles. The highest BCUT2D eigenvalue weighted by molar-refractivity contribution is 5.94. The van der Waals surface area contributed by atoms with Gasteiger partial charge < -0.3 is 15.4 Å². The van der Waals surface area contributed by atoms with Crippen LogP contribution in [0.15, 0.2) is 24.3 Å². The lowest BCUT2D eigenvalue weighted by molar-refractivity contribution is 0.0937. The first kappa shape index (κ1) is 19.7. The normalized spacial score (nSPS) is 17.7. The van der Waals surface area contributed by atoms with Gasteiger partial charge in [-0.15, -0.1) is 12.4 Å². The Kier molecular flexibility index (Phi) is 6.07. The smallest absolute Gasteiger partial charge is 0.272 e. The summed E-state index contributed by atoms with van der Waals surface area (Å²) < 4.78 is 5.40. The fourth-order valence-corrected chi connectivity index (χ4v) is 4.32. The molecule has 0 spiro atoms. The summed E-state index contributed by atoms with van der Waals surface area (Å²) in [5, 5.41) is 13.8. The van der Waals surface area contributed by atoms with Gasteiger partial charge >= 0.3 is 0 Å². The van der Waals surface area contributed by atoms with E-state index in [2.05, 4.69) is 33.0 Å². The Morgan fingerprint density at radius 2 is 2.15 bits per heavy atom. The number of carbonyl (C=O) groups is 1. The van der Waals surface area contributed by atoms with Crippen molar-refractivity contribution in [2.75, 3.05) is 20.2 Å². The molecule has 1 aromatic heterocycles. The summed E-state index contributed by atoms with van der Waals surface area (Å²) in [4.78, 5) is 12.8. The number of hydrogen-bond donors (Lipinski definition) is 3. The Labute approximate surface area is 165 Å². The Bertz CT molecular complexity index is 799. The second-order valence-electron chi connectivity index (χ2n) is 7.36. The summed E-state index contributed by atoms with van der Waals surface area (Å²) in [6.45, 7) is 2.26. The van der Waals surface area contributed by atoms with Crippen LogP contribution in [0.5, 0.6) is 5.75 Å². The zero-order valence-corrected chi connectivity index (χ0v) is 16.5. The lowest BCUT2D eigenvalue weighted by Gasteiger charge is -2.30. The Morgan fingerprint density at radius 3 is 2.93 bits per heavy atom. The van der Waals surface area contributed by atoms with Gasteiger partial charge in [0.05, 0.1) is 7.11 Å². The fourth-order valence-electron chi connectivity index (χ4n) is 4.32. The van der Waals surface area contributed by atoms with Crippen LogP contribution >= 0.6 is 12.4 Å². The van der Waals surface area contributed by atoms with E-state index in [1.807, 2.05) is 12.1 Å². The predicted molar refractivity (Wildman–Crippen MR) is 107 cm³/mol. The number of nitrogens with zero attached hydrogens (tertiary/aromatic N) is 1. The number of halogens is 1. The number of benzene rings is 1. The first-order chi connectivity index (χ1) is 12.7. The molecule has 7 heteroatoms. The number of methoxy groups -OCH3 is 1. The molecule has 27 heavy (non-hydrogen) atoms. The number of aromatic nitrogens is 2.